The van der Waals surface area contributed by atoms with Gasteiger partial charge < -0.3 is 25.0 Å². The number of carbonyl (C=O) groups is 1. The Kier molecular flexibility index (Phi) is 22.2. The number of para-hydroxylation sites is 2. The van der Waals surface area contributed by atoms with Crippen molar-refractivity contribution in [3.05, 3.63) is 130 Å². The molecule has 3 N–H and O–H groups in total. The van der Waals surface area contributed by atoms with Crippen LogP contribution in [0.4, 0.5) is 11.4 Å². The van der Waals surface area contributed by atoms with Crippen molar-refractivity contribution >= 4 is 39.8 Å². The summed E-state index contributed by atoms with van der Waals surface area (Å²) in [5, 5.41) is 55.8. The first-order valence-corrected chi connectivity index (χ1v) is 28.3. The summed E-state index contributed by atoms with van der Waals surface area (Å²) in [6.07, 6.45) is 25.9. The number of fused-ring (bicyclic) bond motifs is 1. The Labute approximate surface area is 445 Å². The lowest BCUT2D eigenvalue weighted by Gasteiger charge is -2.17. The summed E-state index contributed by atoms with van der Waals surface area (Å²) in [4.78, 5) is 25.8. The molecule has 1 amide bonds. The number of rotatable bonds is 34. The quantitative estimate of drug-likeness (QED) is 0.0150. The fourth-order valence-corrected chi connectivity index (χ4v) is 10.2. The second-order valence-corrected chi connectivity index (χ2v) is 20.2. The van der Waals surface area contributed by atoms with Gasteiger partial charge in [-0.25, -0.2) is 4.68 Å². The second-order valence-electron chi connectivity index (χ2n) is 19.3. The predicted octanol–water partition coefficient (Wildman–Crippen LogP) is 15.8. The molecule has 0 saturated heterocycles. The highest BCUT2D eigenvalue weighted by atomic mass is 32.2. The average Bonchev–Trinajstić information content (AvgIpc) is 4.04. The van der Waals surface area contributed by atoms with E-state index in [0.717, 1.165) is 43.4 Å². The number of amides is 1. The zero-order valence-corrected chi connectivity index (χ0v) is 44.6. The Morgan fingerprint density at radius 2 is 1.23 bits per heavy atom. The summed E-state index contributed by atoms with van der Waals surface area (Å²) in [7, 11) is 0. The highest BCUT2D eigenvalue weighted by Gasteiger charge is 2.26. The Bertz CT molecular complexity index is 2870. The van der Waals surface area contributed by atoms with Gasteiger partial charge in [0.2, 0.25) is 11.0 Å². The molecule has 15 nitrogen and oxygen atoms in total. The number of hydrogen-bond donors (Lipinski definition) is 3. The molecule has 0 aliphatic heterocycles. The summed E-state index contributed by atoms with van der Waals surface area (Å²) in [5.74, 6) is 0.785. The highest BCUT2D eigenvalue weighted by Crippen LogP contribution is 2.42. The van der Waals surface area contributed by atoms with Gasteiger partial charge in [-0.2, -0.15) is 9.78 Å². The molecule has 2 heterocycles. The Hall–Kier alpha value is -6.94. The van der Waals surface area contributed by atoms with E-state index in [0.29, 0.717) is 63.4 Å². The van der Waals surface area contributed by atoms with Crippen LogP contribution in [0.3, 0.4) is 0 Å². The first-order valence-electron chi connectivity index (χ1n) is 27.3. The number of unbranched alkanes of at least 4 members (excludes halogenated alkanes) is 19. The van der Waals surface area contributed by atoms with Gasteiger partial charge in [0.15, 0.2) is 0 Å². The van der Waals surface area contributed by atoms with Crippen molar-refractivity contribution in [3.8, 4) is 40.3 Å². The van der Waals surface area contributed by atoms with Gasteiger partial charge in [0.25, 0.3) is 11.6 Å². The topological polar surface area (TPSA) is 193 Å². The Morgan fingerprint density at radius 3 is 1.87 bits per heavy atom. The zero-order chi connectivity index (χ0) is 52.6. The average molecular weight is 1040 g/mol. The van der Waals surface area contributed by atoms with E-state index in [1.807, 2.05) is 30.3 Å². The molecule has 0 saturated carbocycles. The number of hydrogen-bond acceptors (Lipinski definition) is 12. The molecule has 0 spiro atoms. The minimum atomic E-state index is -0.559. The smallest absolute Gasteiger partial charge is 0.269 e. The first kappa shape index (κ1) is 55.8. The standard InChI is InChI=1S/C59H74N8O7S/c1-3-5-7-9-11-13-14-15-17-19-21-27-41-73-54-32-26-25-31-53(54)60-57(70)50-42-55(48-28-23-24-29-49(48)56(50)69)74-58-51(43-75-59-61-63-64-66(59)45-37-39-47(68)40-38-45)52(30-22-20-18-16-12-10-8-6-4-2)62-65(58)44-33-35-46(36-34-44)67(71)72/h23-26,28-29,31-40,42,68-69H,3-22,27,30,41,43H2,1-2H3,(H,60,70). The van der Waals surface area contributed by atoms with E-state index in [-0.39, 0.29) is 28.5 Å². The van der Waals surface area contributed by atoms with Gasteiger partial charge in [-0.3, -0.25) is 14.9 Å². The van der Waals surface area contributed by atoms with Crippen molar-refractivity contribution in [1.29, 1.82) is 0 Å². The van der Waals surface area contributed by atoms with Gasteiger partial charge in [0, 0.05) is 34.2 Å². The number of aromatic nitrogens is 6. The third kappa shape index (κ3) is 16.3. The lowest BCUT2D eigenvalue weighted by molar-refractivity contribution is -0.384. The molecule has 0 bridgehead atoms. The SMILES string of the molecule is CCCCCCCCCCCCCCOc1ccccc1NC(=O)c1cc(Oc2c(CSc3nnnn3-c3ccc(O)cc3)c(CCCCCCCCCCC)nn2-c2ccc([N+](=O)[O-])cc2)c2ccccc2c1O. The van der Waals surface area contributed by atoms with Crippen LogP contribution in [-0.2, 0) is 12.2 Å². The van der Waals surface area contributed by atoms with E-state index in [4.69, 9.17) is 14.6 Å². The van der Waals surface area contributed by atoms with Crippen molar-refractivity contribution in [2.24, 2.45) is 0 Å². The minimum Gasteiger partial charge on any atom is -0.508 e. The van der Waals surface area contributed by atoms with Crippen LogP contribution in [-0.4, -0.2) is 57.6 Å². The molecule has 7 rings (SSSR count). The summed E-state index contributed by atoms with van der Waals surface area (Å²) in [6, 6.07) is 28.7. The number of aryl methyl sites for hydroxylation is 1. The van der Waals surface area contributed by atoms with Crippen LogP contribution in [0.25, 0.3) is 22.1 Å². The molecule has 398 valence electrons. The molecule has 0 radical (unpaired) electrons. The number of nitro groups is 1. The molecular weight excluding hydrogens is 965 g/mol. The first-order chi connectivity index (χ1) is 36.7. The van der Waals surface area contributed by atoms with Gasteiger partial charge in [-0.1, -0.05) is 184 Å². The normalized spacial score (nSPS) is 11.3. The number of nitrogens with zero attached hydrogens (tertiary/aromatic N) is 7. The summed E-state index contributed by atoms with van der Waals surface area (Å²) in [6.45, 7) is 4.99. The van der Waals surface area contributed by atoms with Crippen molar-refractivity contribution < 1.29 is 29.4 Å². The van der Waals surface area contributed by atoms with Crippen molar-refractivity contribution in [1.82, 2.24) is 30.0 Å². The molecule has 7 aromatic rings. The number of carbonyl (C=O) groups excluding carboxylic acids is 1. The third-order valence-electron chi connectivity index (χ3n) is 13.5. The summed E-state index contributed by atoms with van der Waals surface area (Å²) >= 11 is 1.37. The number of nitro benzene ring substituents is 1. The molecule has 0 unspecified atom stereocenters. The number of thioether (sulfide) groups is 1. The van der Waals surface area contributed by atoms with Crippen molar-refractivity contribution in [2.75, 3.05) is 11.9 Å². The number of tetrazole rings is 1. The van der Waals surface area contributed by atoms with Crippen LogP contribution in [0.5, 0.6) is 28.9 Å². The van der Waals surface area contributed by atoms with E-state index in [1.165, 1.54) is 127 Å². The van der Waals surface area contributed by atoms with Crippen LogP contribution < -0.4 is 14.8 Å². The lowest BCUT2D eigenvalue weighted by atomic mass is 10.0. The summed E-state index contributed by atoms with van der Waals surface area (Å²) in [5.41, 5.74) is 3.07. The van der Waals surface area contributed by atoms with E-state index in [1.54, 1.807) is 70.0 Å². The maximum absolute atomic E-state index is 14.4. The maximum atomic E-state index is 14.4. The van der Waals surface area contributed by atoms with Crippen LogP contribution in [0.1, 0.15) is 170 Å². The van der Waals surface area contributed by atoms with E-state index < -0.39 is 10.8 Å². The van der Waals surface area contributed by atoms with Crippen LogP contribution >= 0.6 is 11.8 Å². The molecule has 0 aliphatic rings. The summed E-state index contributed by atoms with van der Waals surface area (Å²) < 4.78 is 16.5. The highest BCUT2D eigenvalue weighted by molar-refractivity contribution is 7.98. The number of non-ortho nitro benzene ring substituents is 1. The van der Waals surface area contributed by atoms with Crippen molar-refractivity contribution in [2.45, 2.75) is 166 Å². The van der Waals surface area contributed by atoms with Gasteiger partial charge in [-0.15, -0.1) is 5.10 Å². The number of phenolic OH excluding ortho intramolecular Hbond substituents is 2. The van der Waals surface area contributed by atoms with E-state index in [2.05, 4.69) is 34.7 Å². The minimum absolute atomic E-state index is 0.0141. The van der Waals surface area contributed by atoms with Crippen molar-refractivity contribution in [3.63, 3.8) is 0 Å². The molecule has 75 heavy (non-hydrogen) atoms. The number of benzene rings is 5. The molecule has 0 aliphatic carbocycles. The van der Waals surface area contributed by atoms with Gasteiger partial charge in [-0.05, 0) is 84.3 Å². The zero-order valence-electron chi connectivity index (χ0n) is 43.8. The molecule has 2 aromatic heterocycles. The lowest BCUT2D eigenvalue weighted by Crippen LogP contribution is -2.14. The van der Waals surface area contributed by atoms with E-state index in [9.17, 15) is 25.1 Å². The number of ether oxygens (including phenoxy) is 2. The van der Waals surface area contributed by atoms with Crippen LogP contribution in [0.2, 0.25) is 0 Å². The Morgan fingerprint density at radius 1 is 0.667 bits per heavy atom. The largest absolute Gasteiger partial charge is 0.508 e. The van der Waals surface area contributed by atoms with Gasteiger partial charge in [0.1, 0.15) is 23.0 Å². The number of aromatic hydroxyl groups is 2. The molecule has 0 atom stereocenters. The van der Waals surface area contributed by atoms with Crippen LogP contribution in [0.15, 0.2) is 108 Å². The fourth-order valence-electron chi connectivity index (χ4n) is 9.28. The van der Waals surface area contributed by atoms with Crippen LogP contribution in [0, 0.1) is 10.1 Å². The maximum Gasteiger partial charge on any atom is 0.269 e. The molecule has 0 fully saturated rings. The molecule has 5 aromatic carbocycles. The number of nitrogens with one attached hydrogen (secondary N) is 1. The van der Waals surface area contributed by atoms with Gasteiger partial charge in [0.05, 0.1) is 39.8 Å². The Balaban J connectivity index is 1.15. The van der Waals surface area contributed by atoms with E-state index >= 15 is 0 Å². The monoisotopic (exact) mass is 1040 g/mol. The number of phenols is 2. The predicted molar refractivity (Wildman–Crippen MR) is 298 cm³/mol. The molecular formula is C59H74N8O7S. The number of anilines is 1. The fraction of sp³-hybridized carbons (Fsp3) is 0.441. The molecule has 16 heteroatoms. The van der Waals surface area contributed by atoms with Gasteiger partial charge >= 0.3 is 0 Å². The third-order valence-corrected chi connectivity index (χ3v) is 14.5. The second kappa shape index (κ2) is 29.8.